The van der Waals surface area contributed by atoms with E-state index in [2.05, 4.69) is 26.5 Å². The molecule has 0 amide bonds. The topological polar surface area (TPSA) is 40.5 Å². The molecule has 0 aromatic carbocycles. The van der Waals surface area contributed by atoms with E-state index in [0.717, 1.165) is 49.4 Å². The second kappa shape index (κ2) is 7.27. The van der Waals surface area contributed by atoms with Crippen molar-refractivity contribution >= 4 is 0 Å². The Bertz CT molecular complexity index is 634. The summed E-state index contributed by atoms with van der Waals surface area (Å²) in [6, 6.07) is 0. The summed E-state index contributed by atoms with van der Waals surface area (Å²) in [5.41, 5.74) is 1.72. The fourth-order valence-corrected chi connectivity index (χ4v) is 8.03. The highest BCUT2D eigenvalue weighted by Gasteiger charge is 2.58. The number of hydrogen-bond acceptors (Lipinski definition) is 2. The standard InChI is InChI=1S/C26H42O2/c1-5-24(2,28)14-6-7-18-9-11-22-21-10-8-19-17-20(27)12-15-26(19,4)23(21)13-16-25(18,22)3/h5,8,18,20-23,27-28H,1,6-7,9-17H2,2-4H3. The van der Waals surface area contributed by atoms with E-state index < -0.39 is 5.60 Å². The van der Waals surface area contributed by atoms with Crippen LogP contribution in [0.3, 0.4) is 0 Å². The largest absolute Gasteiger partial charge is 0.393 e. The van der Waals surface area contributed by atoms with Crippen molar-refractivity contribution in [2.45, 2.75) is 103 Å². The lowest BCUT2D eigenvalue weighted by Gasteiger charge is -2.58. The van der Waals surface area contributed by atoms with Gasteiger partial charge in [0.25, 0.3) is 0 Å². The van der Waals surface area contributed by atoms with E-state index in [0.29, 0.717) is 10.8 Å². The summed E-state index contributed by atoms with van der Waals surface area (Å²) in [4.78, 5) is 0. The van der Waals surface area contributed by atoms with Crippen molar-refractivity contribution in [2.24, 2.45) is 34.5 Å². The zero-order valence-electron chi connectivity index (χ0n) is 18.4. The van der Waals surface area contributed by atoms with E-state index >= 15 is 0 Å². The van der Waals surface area contributed by atoms with Gasteiger partial charge in [0.05, 0.1) is 11.7 Å². The number of aliphatic hydroxyl groups excluding tert-OH is 1. The molecular weight excluding hydrogens is 344 g/mol. The molecule has 2 heteroatoms. The van der Waals surface area contributed by atoms with Crippen LogP contribution in [0.5, 0.6) is 0 Å². The van der Waals surface area contributed by atoms with Crippen molar-refractivity contribution < 1.29 is 10.2 Å². The van der Waals surface area contributed by atoms with Crippen LogP contribution in [0.2, 0.25) is 0 Å². The van der Waals surface area contributed by atoms with Crippen LogP contribution in [0.25, 0.3) is 0 Å². The van der Waals surface area contributed by atoms with Crippen LogP contribution in [-0.4, -0.2) is 21.9 Å². The maximum atomic E-state index is 10.3. The molecule has 2 N–H and O–H groups in total. The molecule has 0 aromatic heterocycles. The maximum absolute atomic E-state index is 10.3. The van der Waals surface area contributed by atoms with Crippen molar-refractivity contribution in [2.75, 3.05) is 0 Å². The monoisotopic (exact) mass is 386 g/mol. The minimum Gasteiger partial charge on any atom is -0.393 e. The summed E-state index contributed by atoms with van der Waals surface area (Å²) in [6.45, 7) is 10.8. The molecule has 3 fully saturated rings. The van der Waals surface area contributed by atoms with Gasteiger partial charge in [-0.15, -0.1) is 6.58 Å². The molecule has 0 radical (unpaired) electrons. The molecule has 4 aliphatic rings. The minimum absolute atomic E-state index is 0.103. The van der Waals surface area contributed by atoms with Crippen molar-refractivity contribution in [1.82, 2.24) is 0 Å². The zero-order chi connectivity index (χ0) is 20.2. The van der Waals surface area contributed by atoms with Crippen LogP contribution in [-0.2, 0) is 0 Å². The summed E-state index contributed by atoms with van der Waals surface area (Å²) in [6.07, 6.45) is 17.3. The molecule has 4 aliphatic carbocycles. The van der Waals surface area contributed by atoms with Gasteiger partial charge in [0.1, 0.15) is 0 Å². The lowest BCUT2D eigenvalue weighted by atomic mass is 9.47. The van der Waals surface area contributed by atoms with Crippen LogP contribution in [0.4, 0.5) is 0 Å². The first kappa shape index (κ1) is 20.7. The van der Waals surface area contributed by atoms with Gasteiger partial charge in [-0.2, -0.15) is 0 Å². The van der Waals surface area contributed by atoms with Crippen LogP contribution in [0, 0.1) is 34.5 Å². The second-order valence-corrected chi connectivity index (χ2v) is 11.4. The molecule has 8 unspecified atom stereocenters. The quantitative estimate of drug-likeness (QED) is 0.566. The molecule has 158 valence electrons. The zero-order valence-corrected chi connectivity index (χ0v) is 18.4. The lowest BCUT2D eigenvalue weighted by molar-refractivity contribution is -0.0513. The van der Waals surface area contributed by atoms with Gasteiger partial charge < -0.3 is 10.2 Å². The average molecular weight is 387 g/mol. The van der Waals surface area contributed by atoms with Crippen LogP contribution < -0.4 is 0 Å². The van der Waals surface area contributed by atoms with Crippen molar-refractivity contribution in [3.8, 4) is 0 Å². The second-order valence-electron chi connectivity index (χ2n) is 11.4. The molecule has 0 saturated heterocycles. The van der Waals surface area contributed by atoms with E-state index in [-0.39, 0.29) is 6.10 Å². The smallest absolute Gasteiger partial charge is 0.0797 e. The summed E-state index contributed by atoms with van der Waals surface area (Å²) < 4.78 is 0. The van der Waals surface area contributed by atoms with E-state index in [1.165, 1.54) is 44.9 Å². The number of rotatable bonds is 5. The highest BCUT2D eigenvalue weighted by molar-refractivity contribution is 5.25. The molecule has 2 nitrogen and oxygen atoms in total. The van der Waals surface area contributed by atoms with Crippen LogP contribution in [0.1, 0.15) is 91.4 Å². The van der Waals surface area contributed by atoms with Gasteiger partial charge in [-0.1, -0.05) is 31.6 Å². The Kier molecular flexibility index (Phi) is 5.37. The Hall–Kier alpha value is -0.600. The average Bonchev–Trinajstić information content (AvgIpc) is 2.99. The summed E-state index contributed by atoms with van der Waals surface area (Å²) in [5.74, 6) is 3.38. The lowest BCUT2D eigenvalue weighted by Crippen LogP contribution is -2.50. The molecule has 0 heterocycles. The molecule has 8 atom stereocenters. The van der Waals surface area contributed by atoms with Crippen LogP contribution in [0.15, 0.2) is 24.3 Å². The normalized spacial score (nSPS) is 47.3. The van der Waals surface area contributed by atoms with E-state index in [4.69, 9.17) is 0 Å². The highest BCUT2D eigenvalue weighted by atomic mass is 16.3. The minimum atomic E-state index is -0.707. The highest BCUT2D eigenvalue weighted by Crippen LogP contribution is 2.66. The number of fused-ring (bicyclic) bond motifs is 5. The van der Waals surface area contributed by atoms with Gasteiger partial charge in [0.2, 0.25) is 0 Å². The molecule has 0 spiro atoms. The first-order valence-corrected chi connectivity index (χ1v) is 11.9. The SMILES string of the molecule is C=CC(C)(O)CCCC1CCC2C3CC=C4CC(O)CCC4(C)C3CCC12C. The van der Waals surface area contributed by atoms with Gasteiger partial charge in [0, 0.05) is 0 Å². The van der Waals surface area contributed by atoms with Gasteiger partial charge in [-0.05, 0) is 112 Å². The Balaban J connectivity index is 1.47. The molecule has 4 rings (SSSR count). The predicted octanol–water partition coefficient (Wildman–Crippen LogP) is 6.03. The van der Waals surface area contributed by atoms with Gasteiger partial charge in [0.15, 0.2) is 0 Å². The fraction of sp³-hybridized carbons (Fsp3) is 0.846. The summed E-state index contributed by atoms with van der Waals surface area (Å²) >= 11 is 0. The molecule has 28 heavy (non-hydrogen) atoms. The molecule has 0 aromatic rings. The molecule has 0 bridgehead atoms. The Morgan fingerprint density at radius 1 is 1.18 bits per heavy atom. The fourth-order valence-electron chi connectivity index (χ4n) is 8.03. The van der Waals surface area contributed by atoms with Gasteiger partial charge in [-0.3, -0.25) is 0 Å². The van der Waals surface area contributed by atoms with Gasteiger partial charge in [-0.25, -0.2) is 0 Å². The third kappa shape index (κ3) is 3.33. The van der Waals surface area contributed by atoms with Crippen LogP contribution >= 0.6 is 0 Å². The third-order valence-corrected chi connectivity index (χ3v) is 9.95. The number of aliphatic hydroxyl groups is 2. The predicted molar refractivity (Wildman–Crippen MR) is 116 cm³/mol. The Morgan fingerprint density at radius 2 is 1.96 bits per heavy atom. The maximum Gasteiger partial charge on any atom is 0.0797 e. The first-order valence-electron chi connectivity index (χ1n) is 11.9. The summed E-state index contributed by atoms with van der Waals surface area (Å²) in [7, 11) is 0. The van der Waals surface area contributed by atoms with Gasteiger partial charge >= 0.3 is 0 Å². The Morgan fingerprint density at radius 3 is 2.71 bits per heavy atom. The Labute approximate surface area is 172 Å². The summed E-state index contributed by atoms with van der Waals surface area (Å²) in [5, 5.41) is 20.4. The van der Waals surface area contributed by atoms with E-state index in [1.807, 2.05) is 6.92 Å². The number of hydrogen-bond donors (Lipinski definition) is 2. The third-order valence-electron chi connectivity index (χ3n) is 9.95. The first-order chi connectivity index (χ1) is 13.2. The van der Waals surface area contributed by atoms with Crippen molar-refractivity contribution in [3.63, 3.8) is 0 Å². The molecular formula is C26H42O2. The molecule has 3 saturated carbocycles. The molecule has 0 aliphatic heterocycles. The van der Waals surface area contributed by atoms with Crippen molar-refractivity contribution in [1.29, 1.82) is 0 Å². The van der Waals surface area contributed by atoms with E-state index in [9.17, 15) is 10.2 Å². The van der Waals surface area contributed by atoms with Crippen molar-refractivity contribution in [3.05, 3.63) is 24.3 Å². The number of allylic oxidation sites excluding steroid dienone is 1. The van der Waals surface area contributed by atoms with E-state index in [1.54, 1.807) is 11.6 Å².